The smallest absolute Gasteiger partial charge is 0.240 e. The lowest BCUT2D eigenvalue weighted by Crippen LogP contribution is -2.37. The van der Waals surface area contributed by atoms with E-state index in [0.717, 1.165) is 29.7 Å². The molecule has 29 heavy (non-hydrogen) atoms. The van der Waals surface area contributed by atoms with E-state index in [0.29, 0.717) is 19.0 Å². The van der Waals surface area contributed by atoms with Crippen molar-refractivity contribution in [3.05, 3.63) is 59.7 Å². The van der Waals surface area contributed by atoms with Gasteiger partial charge in [0.05, 0.1) is 11.0 Å². The molecule has 3 N–H and O–H groups in total. The van der Waals surface area contributed by atoms with Crippen LogP contribution in [0, 0.1) is 5.92 Å². The van der Waals surface area contributed by atoms with Gasteiger partial charge in [-0.2, -0.15) is 0 Å². The quantitative estimate of drug-likeness (QED) is 0.552. The molecule has 1 unspecified atom stereocenters. The molecule has 0 saturated heterocycles. The minimum Gasteiger partial charge on any atom is -0.490 e. The van der Waals surface area contributed by atoms with E-state index in [2.05, 4.69) is 23.9 Å². The molecule has 0 saturated carbocycles. The maximum atomic E-state index is 12.6. The average Bonchev–Trinajstić information content (AvgIpc) is 3.08. The number of nitrogens with one attached hydrogen (secondary N) is 2. The van der Waals surface area contributed by atoms with Crippen LogP contribution in [0.3, 0.4) is 0 Å². The topological polar surface area (TPSA) is 87.7 Å². The van der Waals surface area contributed by atoms with Crippen LogP contribution in [0.15, 0.2) is 53.4 Å². The summed E-state index contributed by atoms with van der Waals surface area (Å²) in [4.78, 5) is 0.203. The van der Waals surface area contributed by atoms with Crippen molar-refractivity contribution < 1.29 is 18.3 Å². The first-order valence-electron chi connectivity index (χ1n) is 10.1. The van der Waals surface area contributed by atoms with Gasteiger partial charge in [-0.3, -0.25) is 0 Å². The highest BCUT2D eigenvalue weighted by molar-refractivity contribution is 7.89. The zero-order chi connectivity index (χ0) is 20.9. The van der Waals surface area contributed by atoms with Gasteiger partial charge in [0.1, 0.15) is 11.9 Å². The second kappa shape index (κ2) is 9.71. The molecule has 6 nitrogen and oxygen atoms in total. The van der Waals surface area contributed by atoms with E-state index in [-0.39, 0.29) is 17.5 Å². The largest absolute Gasteiger partial charge is 0.490 e. The number of aliphatic hydroxyl groups excluding tert-OH is 1. The number of hydrogen-bond acceptors (Lipinski definition) is 5. The Morgan fingerprint density at radius 1 is 1.14 bits per heavy atom. The molecule has 0 radical (unpaired) electrons. The van der Waals surface area contributed by atoms with Crippen molar-refractivity contribution >= 4 is 10.0 Å². The van der Waals surface area contributed by atoms with E-state index in [1.165, 1.54) is 0 Å². The molecule has 2 atom stereocenters. The Kier molecular flexibility index (Phi) is 7.29. The van der Waals surface area contributed by atoms with E-state index < -0.39 is 16.1 Å². The van der Waals surface area contributed by atoms with Crippen molar-refractivity contribution in [2.24, 2.45) is 5.92 Å². The molecule has 2 aromatic rings. The van der Waals surface area contributed by atoms with E-state index in [4.69, 9.17) is 4.74 Å². The number of ether oxygens (including phenoxy) is 1. The van der Waals surface area contributed by atoms with Crippen LogP contribution >= 0.6 is 0 Å². The molecule has 0 spiro atoms. The number of rotatable bonds is 10. The van der Waals surface area contributed by atoms with Gasteiger partial charge in [0.15, 0.2) is 0 Å². The third kappa shape index (κ3) is 6.27. The molecular weight excluding hydrogens is 388 g/mol. The van der Waals surface area contributed by atoms with Gasteiger partial charge in [-0.25, -0.2) is 13.1 Å². The zero-order valence-electron chi connectivity index (χ0n) is 17.0. The monoisotopic (exact) mass is 418 g/mol. The van der Waals surface area contributed by atoms with E-state index in [1.54, 1.807) is 18.2 Å². The molecule has 0 bridgehead atoms. The fourth-order valence-electron chi connectivity index (χ4n) is 3.46. The summed E-state index contributed by atoms with van der Waals surface area (Å²) in [5, 5.41) is 13.2. The fourth-order valence-corrected chi connectivity index (χ4v) is 4.58. The van der Waals surface area contributed by atoms with Crippen LogP contribution in [0.4, 0.5) is 0 Å². The summed E-state index contributed by atoms with van der Waals surface area (Å²) in [6.07, 6.45) is 0.954. The summed E-state index contributed by atoms with van der Waals surface area (Å²) in [5.74, 6) is 1.29. The lowest BCUT2D eigenvalue weighted by molar-refractivity contribution is 0.175. The summed E-state index contributed by atoms with van der Waals surface area (Å²) < 4.78 is 33.6. The first-order chi connectivity index (χ1) is 13.8. The van der Waals surface area contributed by atoms with E-state index in [1.807, 2.05) is 30.3 Å². The van der Waals surface area contributed by atoms with Gasteiger partial charge in [0.25, 0.3) is 0 Å². The Labute approximate surface area is 173 Å². The zero-order valence-corrected chi connectivity index (χ0v) is 17.8. The third-order valence-electron chi connectivity index (χ3n) is 4.88. The third-order valence-corrected chi connectivity index (χ3v) is 6.30. The summed E-state index contributed by atoms with van der Waals surface area (Å²) in [7, 11) is -3.69. The molecule has 0 aliphatic carbocycles. The maximum Gasteiger partial charge on any atom is 0.240 e. The van der Waals surface area contributed by atoms with Crippen LogP contribution in [0.5, 0.6) is 5.75 Å². The van der Waals surface area contributed by atoms with Crippen molar-refractivity contribution in [2.75, 3.05) is 13.1 Å². The molecule has 2 aromatic carbocycles. The number of sulfonamides is 1. The Hall–Kier alpha value is -1.93. The highest BCUT2D eigenvalue weighted by Crippen LogP contribution is 2.33. The average molecular weight is 419 g/mol. The van der Waals surface area contributed by atoms with Crippen LogP contribution in [0.1, 0.15) is 31.4 Å². The molecule has 1 aliphatic rings. The van der Waals surface area contributed by atoms with Gasteiger partial charge < -0.3 is 15.2 Å². The van der Waals surface area contributed by atoms with Crippen LogP contribution in [-0.4, -0.2) is 38.8 Å². The molecule has 1 heterocycles. The van der Waals surface area contributed by atoms with Crippen molar-refractivity contribution in [3.8, 4) is 5.75 Å². The number of hydrogen-bond donors (Lipinski definition) is 3. The minimum absolute atomic E-state index is 0.0479. The fraction of sp³-hybridized carbons (Fsp3) is 0.455. The lowest BCUT2D eigenvalue weighted by atomic mass is 10.0. The molecule has 1 aliphatic heterocycles. The molecular formula is C22H30N2O4S. The molecule has 3 rings (SSSR count). The van der Waals surface area contributed by atoms with Gasteiger partial charge in [0.2, 0.25) is 10.0 Å². The van der Waals surface area contributed by atoms with E-state index in [9.17, 15) is 13.5 Å². The van der Waals surface area contributed by atoms with Crippen molar-refractivity contribution in [1.82, 2.24) is 10.0 Å². The highest BCUT2D eigenvalue weighted by atomic mass is 32.2. The number of aliphatic hydroxyl groups is 1. The highest BCUT2D eigenvalue weighted by Gasteiger charge is 2.26. The molecule has 0 aromatic heterocycles. The van der Waals surface area contributed by atoms with E-state index >= 15 is 0 Å². The summed E-state index contributed by atoms with van der Waals surface area (Å²) in [5.41, 5.74) is 2.03. The van der Waals surface area contributed by atoms with Crippen molar-refractivity contribution in [1.29, 1.82) is 0 Å². The normalized spacial score (nSPS) is 17.2. The minimum atomic E-state index is -3.69. The van der Waals surface area contributed by atoms with Crippen LogP contribution < -0.4 is 14.8 Å². The summed E-state index contributed by atoms with van der Waals surface area (Å²) in [6.45, 7) is 5.16. The van der Waals surface area contributed by atoms with Crippen molar-refractivity contribution in [3.63, 3.8) is 0 Å². The Morgan fingerprint density at radius 2 is 1.90 bits per heavy atom. The van der Waals surface area contributed by atoms with Gasteiger partial charge in [-0.15, -0.1) is 0 Å². The second-order valence-electron chi connectivity index (χ2n) is 7.97. The first kappa shape index (κ1) is 21.8. The van der Waals surface area contributed by atoms with Gasteiger partial charge in [-0.05, 0) is 41.7 Å². The Morgan fingerprint density at radius 3 is 2.62 bits per heavy atom. The van der Waals surface area contributed by atoms with Gasteiger partial charge >= 0.3 is 0 Å². The molecule has 7 heteroatoms. The van der Waals surface area contributed by atoms with Crippen molar-refractivity contribution in [2.45, 2.75) is 50.3 Å². The molecule has 158 valence electrons. The van der Waals surface area contributed by atoms with Gasteiger partial charge in [0, 0.05) is 26.1 Å². The number of fused-ring (bicyclic) bond motifs is 1. The number of benzene rings is 2. The molecule has 0 amide bonds. The first-order valence-corrected chi connectivity index (χ1v) is 11.5. The SMILES string of the molecule is CC(C)CC1Cc2cc(S(=O)(=O)NC[C@H](O)CNCc3ccccc3)ccc2O1. The van der Waals surface area contributed by atoms with Crippen LogP contribution in [0.2, 0.25) is 0 Å². The summed E-state index contributed by atoms with van der Waals surface area (Å²) in [6, 6.07) is 14.8. The lowest BCUT2D eigenvalue weighted by Gasteiger charge is -2.14. The van der Waals surface area contributed by atoms with Crippen LogP contribution in [-0.2, 0) is 23.0 Å². The van der Waals surface area contributed by atoms with Crippen LogP contribution in [0.25, 0.3) is 0 Å². The predicted octanol–water partition coefficient (Wildman–Crippen LogP) is 2.47. The second-order valence-corrected chi connectivity index (χ2v) is 9.73. The summed E-state index contributed by atoms with van der Waals surface area (Å²) >= 11 is 0. The molecule has 0 fully saturated rings. The maximum absolute atomic E-state index is 12.6. The predicted molar refractivity (Wildman–Crippen MR) is 113 cm³/mol. The van der Waals surface area contributed by atoms with Gasteiger partial charge in [-0.1, -0.05) is 44.2 Å². The standard InChI is InChI=1S/C22H30N2O4S/c1-16(2)10-20-11-18-12-21(8-9-22(18)28-20)29(26,27)24-15-19(25)14-23-13-17-6-4-3-5-7-17/h3-9,12,16,19-20,23-25H,10-11,13-15H2,1-2H3/t19-,20?/m1/s1. The Balaban J connectivity index is 1.50. The Bertz CT molecular complexity index is 900.